The Labute approximate surface area is 118 Å². The van der Waals surface area contributed by atoms with Gasteiger partial charge in [0, 0.05) is 23.9 Å². The van der Waals surface area contributed by atoms with E-state index in [9.17, 15) is 4.79 Å². The molecule has 0 atom stereocenters. The van der Waals surface area contributed by atoms with Gasteiger partial charge in [0.15, 0.2) is 5.78 Å². The standard InChI is InChI=1S/C18H15NO/c1-13-11-16(9-10-19-13)18(20)12-15-7-4-6-14-5-2-3-8-17(14)15/h2-11H,12H2,1H3. The van der Waals surface area contributed by atoms with Gasteiger partial charge in [-0.2, -0.15) is 0 Å². The third-order valence-electron chi connectivity index (χ3n) is 3.45. The van der Waals surface area contributed by atoms with Crippen molar-refractivity contribution in [1.82, 2.24) is 4.98 Å². The van der Waals surface area contributed by atoms with Crippen LogP contribution >= 0.6 is 0 Å². The van der Waals surface area contributed by atoms with E-state index in [2.05, 4.69) is 23.2 Å². The number of nitrogens with zero attached hydrogens (tertiary/aromatic N) is 1. The molecule has 3 rings (SSSR count). The number of rotatable bonds is 3. The molecule has 2 heteroatoms. The van der Waals surface area contributed by atoms with E-state index >= 15 is 0 Å². The molecule has 20 heavy (non-hydrogen) atoms. The predicted molar refractivity (Wildman–Crippen MR) is 81.0 cm³/mol. The van der Waals surface area contributed by atoms with E-state index < -0.39 is 0 Å². The van der Waals surface area contributed by atoms with E-state index in [0.717, 1.165) is 22.2 Å². The number of ketones is 1. The van der Waals surface area contributed by atoms with Crippen LogP contribution in [0.25, 0.3) is 10.8 Å². The van der Waals surface area contributed by atoms with Crippen molar-refractivity contribution in [3.8, 4) is 0 Å². The van der Waals surface area contributed by atoms with Gasteiger partial charge in [0.2, 0.25) is 0 Å². The number of Topliss-reactive ketones (excluding diaryl/α,β-unsaturated/α-hetero) is 1. The Bertz CT molecular complexity index is 772. The second-order valence-corrected chi connectivity index (χ2v) is 4.92. The molecular weight excluding hydrogens is 246 g/mol. The first-order valence-corrected chi connectivity index (χ1v) is 6.66. The van der Waals surface area contributed by atoms with Gasteiger partial charge in [-0.05, 0) is 35.4 Å². The van der Waals surface area contributed by atoms with Gasteiger partial charge in [-0.1, -0.05) is 42.5 Å². The molecule has 98 valence electrons. The first-order valence-electron chi connectivity index (χ1n) is 6.66. The maximum Gasteiger partial charge on any atom is 0.167 e. The van der Waals surface area contributed by atoms with E-state index in [1.54, 1.807) is 12.3 Å². The Kier molecular flexibility index (Phi) is 3.30. The van der Waals surface area contributed by atoms with Gasteiger partial charge in [-0.3, -0.25) is 9.78 Å². The van der Waals surface area contributed by atoms with Gasteiger partial charge in [-0.25, -0.2) is 0 Å². The molecule has 3 aromatic rings. The summed E-state index contributed by atoms with van der Waals surface area (Å²) >= 11 is 0. The van der Waals surface area contributed by atoms with E-state index in [0.29, 0.717) is 6.42 Å². The number of benzene rings is 2. The fourth-order valence-electron chi connectivity index (χ4n) is 2.44. The van der Waals surface area contributed by atoms with Crippen LogP contribution in [0.15, 0.2) is 60.8 Å². The molecule has 0 aliphatic heterocycles. The zero-order chi connectivity index (χ0) is 13.9. The molecule has 0 saturated heterocycles. The van der Waals surface area contributed by atoms with Crippen LogP contribution in [0.2, 0.25) is 0 Å². The molecule has 0 unspecified atom stereocenters. The summed E-state index contributed by atoms with van der Waals surface area (Å²) in [5, 5.41) is 2.32. The second-order valence-electron chi connectivity index (χ2n) is 4.92. The maximum absolute atomic E-state index is 12.4. The third kappa shape index (κ3) is 2.45. The smallest absolute Gasteiger partial charge is 0.167 e. The molecule has 0 aliphatic carbocycles. The molecule has 1 aromatic heterocycles. The Balaban J connectivity index is 1.95. The number of aryl methyl sites for hydroxylation is 1. The molecule has 0 N–H and O–H groups in total. The van der Waals surface area contributed by atoms with Gasteiger partial charge < -0.3 is 0 Å². The number of aromatic nitrogens is 1. The summed E-state index contributed by atoms with van der Waals surface area (Å²) in [6.07, 6.45) is 2.11. The first-order chi connectivity index (χ1) is 9.74. The van der Waals surface area contributed by atoms with Crippen LogP contribution in [0.5, 0.6) is 0 Å². The molecule has 0 fully saturated rings. The van der Waals surface area contributed by atoms with Crippen LogP contribution in [0.4, 0.5) is 0 Å². The van der Waals surface area contributed by atoms with Crippen molar-refractivity contribution in [2.24, 2.45) is 0 Å². The van der Waals surface area contributed by atoms with Crippen molar-refractivity contribution in [3.05, 3.63) is 77.6 Å². The van der Waals surface area contributed by atoms with Crippen LogP contribution in [0, 0.1) is 6.92 Å². The van der Waals surface area contributed by atoms with Crippen LogP contribution in [-0.4, -0.2) is 10.8 Å². The number of carbonyl (C=O) groups is 1. The number of hydrogen-bond acceptors (Lipinski definition) is 2. The lowest BCUT2D eigenvalue weighted by atomic mass is 9.98. The van der Waals surface area contributed by atoms with E-state index in [1.165, 1.54) is 5.39 Å². The van der Waals surface area contributed by atoms with Crippen LogP contribution in [0.1, 0.15) is 21.6 Å². The summed E-state index contributed by atoms with van der Waals surface area (Å²) in [5.41, 5.74) is 2.67. The molecule has 2 aromatic carbocycles. The normalized spacial score (nSPS) is 10.7. The van der Waals surface area contributed by atoms with Crippen molar-refractivity contribution in [1.29, 1.82) is 0 Å². The van der Waals surface area contributed by atoms with Gasteiger partial charge in [0.25, 0.3) is 0 Å². The lowest BCUT2D eigenvalue weighted by molar-refractivity contribution is 0.0993. The average Bonchev–Trinajstić information content (AvgIpc) is 2.47. The monoisotopic (exact) mass is 261 g/mol. The minimum absolute atomic E-state index is 0.131. The summed E-state index contributed by atoms with van der Waals surface area (Å²) in [4.78, 5) is 16.5. The summed E-state index contributed by atoms with van der Waals surface area (Å²) < 4.78 is 0. The molecule has 0 amide bonds. The van der Waals surface area contributed by atoms with Gasteiger partial charge >= 0.3 is 0 Å². The SMILES string of the molecule is Cc1cc(C(=O)Cc2cccc3ccccc23)ccn1. The molecule has 0 aliphatic rings. The fraction of sp³-hybridized carbons (Fsp3) is 0.111. The molecule has 0 radical (unpaired) electrons. The summed E-state index contributed by atoms with van der Waals surface area (Å²) in [7, 11) is 0. The topological polar surface area (TPSA) is 30.0 Å². The maximum atomic E-state index is 12.4. The molecule has 2 nitrogen and oxygen atoms in total. The predicted octanol–water partition coefficient (Wildman–Crippen LogP) is 3.97. The Hall–Kier alpha value is -2.48. The highest BCUT2D eigenvalue weighted by Gasteiger charge is 2.09. The molecule has 0 spiro atoms. The highest BCUT2D eigenvalue weighted by Crippen LogP contribution is 2.20. The van der Waals surface area contributed by atoms with Crippen LogP contribution in [0.3, 0.4) is 0 Å². The Morgan fingerprint density at radius 1 is 1.05 bits per heavy atom. The van der Waals surface area contributed by atoms with Crippen molar-refractivity contribution in [2.45, 2.75) is 13.3 Å². The quantitative estimate of drug-likeness (QED) is 0.668. The number of carbonyl (C=O) groups excluding carboxylic acids is 1. The zero-order valence-electron chi connectivity index (χ0n) is 11.3. The van der Waals surface area contributed by atoms with Gasteiger partial charge in [-0.15, -0.1) is 0 Å². The number of pyridine rings is 1. The first kappa shape index (κ1) is 12.5. The fourth-order valence-corrected chi connectivity index (χ4v) is 2.44. The molecular formula is C18H15NO. The lowest BCUT2D eigenvalue weighted by Crippen LogP contribution is -2.04. The van der Waals surface area contributed by atoms with Crippen molar-refractivity contribution < 1.29 is 4.79 Å². The summed E-state index contributed by atoms with van der Waals surface area (Å²) in [6.45, 7) is 1.90. The minimum atomic E-state index is 0.131. The van der Waals surface area contributed by atoms with E-state index in [-0.39, 0.29) is 5.78 Å². The minimum Gasteiger partial charge on any atom is -0.294 e. The van der Waals surface area contributed by atoms with Gasteiger partial charge in [0.05, 0.1) is 0 Å². The van der Waals surface area contributed by atoms with Crippen LogP contribution < -0.4 is 0 Å². The largest absolute Gasteiger partial charge is 0.294 e. The van der Waals surface area contributed by atoms with Crippen molar-refractivity contribution in [2.75, 3.05) is 0 Å². The van der Waals surface area contributed by atoms with Gasteiger partial charge in [0.1, 0.15) is 0 Å². The Morgan fingerprint density at radius 3 is 2.70 bits per heavy atom. The Morgan fingerprint density at radius 2 is 1.85 bits per heavy atom. The molecule has 1 heterocycles. The molecule has 0 bridgehead atoms. The zero-order valence-corrected chi connectivity index (χ0v) is 11.3. The summed E-state index contributed by atoms with van der Waals surface area (Å²) in [6, 6.07) is 17.9. The van der Waals surface area contributed by atoms with Crippen molar-refractivity contribution >= 4 is 16.6 Å². The third-order valence-corrected chi connectivity index (χ3v) is 3.45. The van der Waals surface area contributed by atoms with E-state index in [4.69, 9.17) is 0 Å². The highest BCUT2D eigenvalue weighted by atomic mass is 16.1. The van der Waals surface area contributed by atoms with Crippen molar-refractivity contribution in [3.63, 3.8) is 0 Å². The average molecular weight is 261 g/mol. The number of fused-ring (bicyclic) bond motifs is 1. The van der Waals surface area contributed by atoms with Crippen LogP contribution in [-0.2, 0) is 6.42 Å². The number of hydrogen-bond donors (Lipinski definition) is 0. The molecule has 0 saturated carbocycles. The van der Waals surface area contributed by atoms with E-state index in [1.807, 2.05) is 37.3 Å². The lowest BCUT2D eigenvalue weighted by Gasteiger charge is -2.06. The highest BCUT2D eigenvalue weighted by molar-refractivity contribution is 6.00. The summed E-state index contributed by atoms with van der Waals surface area (Å²) in [5.74, 6) is 0.131. The second kappa shape index (κ2) is 5.25.